The maximum Gasteiger partial charge on any atom is 0.264 e. The lowest BCUT2D eigenvalue weighted by Crippen LogP contribution is -2.41. The number of carbonyl (C=O) groups is 1. The molecular formula is C25H28N2O3S2. The molecule has 0 aliphatic carbocycles. The maximum atomic E-state index is 13.3. The largest absolute Gasteiger partial charge is 0.354 e. The van der Waals surface area contributed by atoms with Gasteiger partial charge in [0.1, 0.15) is 6.54 Å². The van der Waals surface area contributed by atoms with Gasteiger partial charge in [-0.3, -0.25) is 9.10 Å². The van der Waals surface area contributed by atoms with Gasteiger partial charge in [-0.1, -0.05) is 66.2 Å². The number of amides is 1. The summed E-state index contributed by atoms with van der Waals surface area (Å²) in [6.45, 7) is 4.10. The van der Waals surface area contributed by atoms with E-state index < -0.39 is 10.0 Å². The molecule has 0 bridgehead atoms. The number of carbonyl (C=O) groups excluding carboxylic acids is 1. The number of hydrogen-bond acceptors (Lipinski definition) is 4. The number of para-hydroxylation sites is 1. The van der Waals surface area contributed by atoms with Gasteiger partial charge in [0.2, 0.25) is 5.91 Å². The summed E-state index contributed by atoms with van der Waals surface area (Å²) in [5.74, 6) is 1.29. The Labute approximate surface area is 194 Å². The summed E-state index contributed by atoms with van der Waals surface area (Å²) in [5.41, 5.74) is 3.77. The van der Waals surface area contributed by atoms with Crippen LogP contribution in [0.5, 0.6) is 0 Å². The van der Waals surface area contributed by atoms with Crippen molar-refractivity contribution < 1.29 is 13.2 Å². The zero-order chi connectivity index (χ0) is 23.0. The molecule has 3 aromatic carbocycles. The van der Waals surface area contributed by atoms with Crippen molar-refractivity contribution in [1.82, 2.24) is 5.32 Å². The third kappa shape index (κ3) is 6.37. The summed E-state index contributed by atoms with van der Waals surface area (Å²) >= 11 is 1.73. The van der Waals surface area contributed by atoms with E-state index in [4.69, 9.17) is 0 Å². The van der Waals surface area contributed by atoms with Gasteiger partial charge < -0.3 is 5.32 Å². The Hall–Kier alpha value is -2.77. The molecule has 0 atom stereocenters. The second-order valence-corrected chi connectivity index (χ2v) is 10.5. The van der Waals surface area contributed by atoms with Crippen LogP contribution in [0.15, 0.2) is 83.8 Å². The molecular weight excluding hydrogens is 440 g/mol. The van der Waals surface area contributed by atoms with Crippen molar-refractivity contribution in [3.05, 3.63) is 95.6 Å². The number of rotatable bonds is 10. The molecule has 3 aromatic rings. The maximum absolute atomic E-state index is 13.3. The zero-order valence-electron chi connectivity index (χ0n) is 18.3. The van der Waals surface area contributed by atoms with Gasteiger partial charge in [-0.2, -0.15) is 11.8 Å². The first-order chi connectivity index (χ1) is 15.4. The highest BCUT2D eigenvalue weighted by Crippen LogP contribution is 2.26. The van der Waals surface area contributed by atoms with Gasteiger partial charge in [-0.25, -0.2) is 8.42 Å². The fraction of sp³-hybridized carbons (Fsp3) is 0.240. The van der Waals surface area contributed by atoms with Crippen molar-refractivity contribution in [2.24, 2.45) is 0 Å². The number of nitrogens with one attached hydrogen (secondary N) is 1. The summed E-state index contributed by atoms with van der Waals surface area (Å²) in [6, 6.07) is 23.7. The van der Waals surface area contributed by atoms with Gasteiger partial charge in [0, 0.05) is 18.1 Å². The van der Waals surface area contributed by atoms with E-state index in [-0.39, 0.29) is 17.3 Å². The highest BCUT2D eigenvalue weighted by atomic mass is 32.2. The van der Waals surface area contributed by atoms with Gasteiger partial charge >= 0.3 is 0 Å². The normalized spacial score (nSPS) is 11.2. The number of thioether (sulfide) groups is 1. The van der Waals surface area contributed by atoms with Crippen molar-refractivity contribution in [3.8, 4) is 0 Å². The lowest BCUT2D eigenvalue weighted by atomic mass is 10.2. The average molecular weight is 469 g/mol. The van der Waals surface area contributed by atoms with Crippen LogP contribution in [0, 0.1) is 13.8 Å². The van der Waals surface area contributed by atoms with E-state index in [2.05, 4.69) is 30.4 Å². The Morgan fingerprint density at radius 1 is 0.938 bits per heavy atom. The molecule has 0 aromatic heterocycles. The summed E-state index contributed by atoms with van der Waals surface area (Å²) in [5, 5.41) is 2.86. The standard InChI is InChI=1S/C25H28N2O3S2/c1-20-9-8-11-22(17-20)19-31-16-15-26-25(28)18-27(24-14-7-6-10-21(24)2)32(29,30)23-12-4-3-5-13-23/h3-14,17H,15-16,18-19H2,1-2H3,(H,26,28). The Bertz CT molecular complexity index is 1150. The molecule has 0 fully saturated rings. The topological polar surface area (TPSA) is 66.5 Å². The van der Waals surface area contributed by atoms with Gasteiger partial charge in [-0.05, 0) is 43.2 Å². The van der Waals surface area contributed by atoms with Crippen LogP contribution in [0.2, 0.25) is 0 Å². The van der Waals surface area contributed by atoms with Crippen molar-refractivity contribution in [3.63, 3.8) is 0 Å². The van der Waals surface area contributed by atoms with Crippen LogP contribution >= 0.6 is 11.8 Å². The van der Waals surface area contributed by atoms with Crippen LogP contribution in [0.4, 0.5) is 5.69 Å². The van der Waals surface area contributed by atoms with Crippen LogP contribution in [0.25, 0.3) is 0 Å². The van der Waals surface area contributed by atoms with E-state index in [0.29, 0.717) is 12.2 Å². The number of aryl methyl sites for hydroxylation is 2. The first-order valence-electron chi connectivity index (χ1n) is 10.4. The minimum Gasteiger partial charge on any atom is -0.354 e. The minimum atomic E-state index is -3.88. The van der Waals surface area contributed by atoms with Crippen LogP contribution in [0.3, 0.4) is 0 Å². The van der Waals surface area contributed by atoms with Gasteiger partial charge in [0.25, 0.3) is 10.0 Å². The van der Waals surface area contributed by atoms with E-state index in [9.17, 15) is 13.2 Å². The van der Waals surface area contributed by atoms with Crippen LogP contribution in [0.1, 0.15) is 16.7 Å². The minimum absolute atomic E-state index is 0.157. The van der Waals surface area contributed by atoms with Gasteiger partial charge in [-0.15, -0.1) is 0 Å². The number of anilines is 1. The molecule has 3 rings (SSSR count). The second kappa shape index (κ2) is 11.2. The highest BCUT2D eigenvalue weighted by Gasteiger charge is 2.27. The number of sulfonamides is 1. The fourth-order valence-corrected chi connectivity index (χ4v) is 5.62. The lowest BCUT2D eigenvalue weighted by Gasteiger charge is -2.25. The molecule has 0 aliphatic rings. The Kier molecular flexibility index (Phi) is 8.36. The van der Waals surface area contributed by atoms with Gasteiger partial charge in [0.05, 0.1) is 10.6 Å². The van der Waals surface area contributed by atoms with Crippen molar-refractivity contribution in [2.75, 3.05) is 23.1 Å². The molecule has 168 valence electrons. The quantitative estimate of drug-likeness (QED) is 0.444. The predicted molar refractivity (Wildman–Crippen MR) is 133 cm³/mol. The molecule has 1 N–H and O–H groups in total. The second-order valence-electron chi connectivity index (χ2n) is 7.50. The molecule has 0 spiro atoms. The molecule has 32 heavy (non-hydrogen) atoms. The predicted octanol–water partition coefficient (Wildman–Crippen LogP) is 4.55. The third-order valence-corrected chi connectivity index (χ3v) is 7.73. The zero-order valence-corrected chi connectivity index (χ0v) is 20.0. The molecule has 0 radical (unpaired) electrons. The molecule has 1 amide bonds. The fourth-order valence-electron chi connectivity index (χ4n) is 3.30. The average Bonchev–Trinajstić information content (AvgIpc) is 2.78. The van der Waals surface area contributed by atoms with E-state index in [1.807, 2.05) is 25.1 Å². The Morgan fingerprint density at radius 2 is 1.66 bits per heavy atom. The van der Waals surface area contributed by atoms with Crippen molar-refractivity contribution >= 4 is 33.4 Å². The molecule has 0 saturated carbocycles. The molecule has 0 heterocycles. The van der Waals surface area contributed by atoms with Crippen molar-refractivity contribution in [1.29, 1.82) is 0 Å². The third-order valence-electron chi connectivity index (χ3n) is 4.92. The molecule has 7 heteroatoms. The monoisotopic (exact) mass is 468 g/mol. The molecule has 0 unspecified atom stereocenters. The van der Waals surface area contributed by atoms with Crippen molar-refractivity contribution in [2.45, 2.75) is 24.5 Å². The van der Waals surface area contributed by atoms with Crippen LogP contribution < -0.4 is 9.62 Å². The Balaban J connectivity index is 1.63. The molecule has 0 saturated heterocycles. The number of nitrogens with zero attached hydrogens (tertiary/aromatic N) is 1. The lowest BCUT2D eigenvalue weighted by molar-refractivity contribution is -0.119. The van der Waals surface area contributed by atoms with Gasteiger partial charge in [0.15, 0.2) is 0 Å². The molecule has 0 aliphatic heterocycles. The van der Waals surface area contributed by atoms with Crippen LogP contribution in [-0.2, 0) is 20.6 Å². The highest BCUT2D eigenvalue weighted by molar-refractivity contribution is 7.98. The summed E-state index contributed by atoms with van der Waals surface area (Å²) in [4.78, 5) is 12.8. The van der Waals surface area contributed by atoms with E-state index in [1.54, 1.807) is 54.2 Å². The smallest absolute Gasteiger partial charge is 0.264 e. The van der Waals surface area contributed by atoms with Crippen LogP contribution in [-0.4, -0.2) is 33.2 Å². The van der Waals surface area contributed by atoms with E-state index >= 15 is 0 Å². The number of hydrogen-bond donors (Lipinski definition) is 1. The summed E-state index contributed by atoms with van der Waals surface area (Å²) in [7, 11) is -3.88. The molecule has 5 nitrogen and oxygen atoms in total. The first kappa shape index (κ1) is 23.9. The summed E-state index contributed by atoms with van der Waals surface area (Å²) in [6.07, 6.45) is 0. The Morgan fingerprint density at radius 3 is 2.38 bits per heavy atom. The summed E-state index contributed by atoms with van der Waals surface area (Å²) < 4.78 is 27.8. The number of benzene rings is 3. The first-order valence-corrected chi connectivity index (χ1v) is 13.0. The van der Waals surface area contributed by atoms with E-state index in [1.165, 1.54) is 15.4 Å². The van der Waals surface area contributed by atoms with E-state index in [0.717, 1.165) is 17.1 Å². The SMILES string of the molecule is Cc1cccc(CSCCNC(=O)CN(c2ccccc2C)S(=O)(=O)c2ccccc2)c1.